The molecule has 0 spiro atoms. The third kappa shape index (κ3) is 5.51. The van der Waals surface area contributed by atoms with E-state index in [9.17, 15) is 13.2 Å². The van der Waals surface area contributed by atoms with E-state index in [4.69, 9.17) is 0 Å². The van der Waals surface area contributed by atoms with Gasteiger partial charge in [-0.15, -0.1) is 10.2 Å². The molecule has 1 amide bonds. The Hall–Kier alpha value is -2.27. The molecule has 162 valence electrons. The quantitative estimate of drug-likeness (QED) is 0.413. The summed E-state index contributed by atoms with van der Waals surface area (Å²) in [7, 11) is -3.61. The zero-order valence-corrected chi connectivity index (χ0v) is 19.1. The highest BCUT2D eigenvalue weighted by molar-refractivity contribution is 8.00. The smallest absolute Gasteiger partial charge is 0.243 e. The molecule has 1 N–H and O–H groups in total. The molecule has 1 fully saturated rings. The molecule has 4 rings (SSSR count). The zero-order chi connectivity index (χ0) is 21.7. The lowest BCUT2D eigenvalue weighted by molar-refractivity contribution is -0.120. The molecule has 2 aromatic carbocycles. The van der Waals surface area contributed by atoms with Crippen LogP contribution >= 0.6 is 23.1 Å². The van der Waals surface area contributed by atoms with Gasteiger partial charge in [-0.1, -0.05) is 71.6 Å². The second-order valence-electron chi connectivity index (χ2n) is 7.15. The van der Waals surface area contributed by atoms with Crippen LogP contribution in [0.2, 0.25) is 0 Å². The highest BCUT2D eigenvalue weighted by atomic mass is 32.2. The van der Waals surface area contributed by atoms with Gasteiger partial charge in [0.25, 0.3) is 0 Å². The summed E-state index contributed by atoms with van der Waals surface area (Å²) < 4.78 is 27.9. The number of hydrogen-bond acceptors (Lipinski definition) is 7. The highest BCUT2D eigenvalue weighted by Crippen LogP contribution is 2.29. The molecule has 1 saturated heterocycles. The van der Waals surface area contributed by atoms with Crippen molar-refractivity contribution < 1.29 is 13.2 Å². The number of hydrogen-bond donors (Lipinski definition) is 1. The minimum atomic E-state index is -3.61. The minimum Gasteiger partial charge on any atom is -0.300 e. The van der Waals surface area contributed by atoms with Crippen LogP contribution in [0.3, 0.4) is 0 Å². The number of amides is 1. The van der Waals surface area contributed by atoms with E-state index >= 15 is 0 Å². The Morgan fingerprint density at radius 1 is 1.10 bits per heavy atom. The SMILES string of the molecule is O=C(Nc1nnc(SCc2ccccc2)s1)[C@@H]1CCCN(S(=O)(=O)c2ccccc2)C1. The number of thioether (sulfide) groups is 1. The van der Waals surface area contributed by atoms with E-state index in [2.05, 4.69) is 27.6 Å². The topological polar surface area (TPSA) is 92.3 Å². The molecule has 0 bridgehead atoms. The Bertz CT molecular complexity index is 1120. The van der Waals surface area contributed by atoms with Gasteiger partial charge in [0.2, 0.25) is 21.1 Å². The van der Waals surface area contributed by atoms with Crippen molar-refractivity contribution in [2.45, 2.75) is 27.8 Å². The monoisotopic (exact) mass is 474 g/mol. The van der Waals surface area contributed by atoms with Crippen molar-refractivity contribution in [3.63, 3.8) is 0 Å². The number of nitrogens with zero attached hydrogens (tertiary/aromatic N) is 3. The van der Waals surface area contributed by atoms with Gasteiger partial charge in [-0.3, -0.25) is 4.79 Å². The van der Waals surface area contributed by atoms with E-state index in [0.717, 1.165) is 10.1 Å². The van der Waals surface area contributed by atoms with Gasteiger partial charge in [0.15, 0.2) is 4.34 Å². The predicted octanol–water partition coefficient (Wildman–Crippen LogP) is 3.87. The molecule has 0 saturated carbocycles. The second kappa shape index (κ2) is 9.90. The van der Waals surface area contributed by atoms with E-state index < -0.39 is 15.9 Å². The molecule has 2 heterocycles. The summed E-state index contributed by atoms with van der Waals surface area (Å²) in [6.07, 6.45) is 1.28. The average Bonchev–Trinajstić information content (AvgIpc) is 3.26. The number of sulfonamides is 1. The van der Waals surface area contributed by atoms with Crippen molar-refractivity contribution in [1.82, 2.24) is 14.5 Å². The Morgan fingerprint density at radius 2 is 1.81 bits per heavy atom. The van der Waals surface area contributed by atoms with Crippen molar-refractivity contribution in [3.05, 3.63) is 66.2 Å². The van der Waals surface area contributed by atoms with Crippen LogP contribution in [-0.2, 0) is 20.6 Å². The van der Waals surface area contributed by atoms with Gasteiger partial charge >= 0.3 is 0 Å². The number of benzene rings is 2. The van der Waals surface area contributed by atoms with Crippen molar-refractivity contribution >= 4 is 44.2 Å². The summed E-state index contributed by atoms with van der Waals surface area (Å²) in [6, 6.07) is 18.4. The fourth-order valence-electron chi connectivity index (χ4n) is 3.36. The summed E-state index contributed by atoms with van der Waals surface area (Å²) >= 11 is 2.89. The third-order valence-corrected chi connectivity index (χ3v) is 8.90. The maximum atomic E-state index is 12.9. The molecule has 0 radical (unpaired) electrons. The molecular weight excluding hydrogens is 452 g/mol. The molecule has 1 aromatic heterocycles. The van der Waals surface area contributed by atoms with E-state index in [1.807, 2.05) is 18.2 Å². The molecular formula is C21H22N4O3S3. The lowest BCUT2D eigenvalue weighted by Gasteiger charge is -2.31. The molecule has 0 aliphatic carbocycles. The van der Waals surface area contributed by atoms with Crippen LogP contribution in [0.4, 0.5) is 5.13 Å². The molecule has 1 atom stereocenters. The lowest BCUT2D eigenvalue weighted by atomic mass is 9.99. The number of anilines is 1. The van der Waals surface area contributed by atoms with Gasteiger partial charge in [0.1, 0.15) is 0 Å². The summed E-state index contributed by atoms with van der Waals surface area (Å²) in [5.41, 5.74) is 1.19. The molecule has 3 aromatic rings. The standard InChI is InChI=1S/C21H22N4O3S3/c26-19(22-20-23-24-21(30-20)29-15-16-8-3-1-4-9-16)17-10-7-13-25(14-17)31(27,28)18-11-5-2-6-12-18/h1-6,8-9,11-12,17H,7,10,13-15H2,(H,22,23,26)/t17-/m1/s1. The lowest BCUT2D eigenvalue weighted by Crippen LogP contribution is -2.43. The summed E-state index contributed by atoms with van der Waals surface area (Å²) in [6.45, 7) is 0.581. The molecule has 1 aliphatic heterocycles. The van der Waals surface area contributed by atoms with Gasteiger partial charge in [-0.25, -0.2) is 8.42 Å². The number of nitrogens with one attached hydrogen (secondary N) is 1. The van der Waals surface area contributed by atoms with Crippen molar-refractivity contribution in [2.75, 3.05) is 18.4 Å². The van der Waals surface area contributed by atoms with Gasteiger partial charge in [-0.05, 0) is 30.5 Å². The first kappa shape index (κ1) is 21.9. The number of carbonyl (C=O) groups is 1. The molecule has 1 aliphatic rings. The van der Waals surface area contributed by atoms with Crippen molar-refractivity contribution in [1.29, 1.82) is 0 Å². The summed E-state index contributed by atoms with van der Waals surface area (Å²) in [5.74, 6) is 0.138. The van der Waals surface area contributed by atoms with Crippen LogP contribution < -0.4 is 5.32 Å². The number of rotatable bonds is 7. The number of carbonyl (C=O) groups excluding carboxylic acids is 1. The van der Waals surface area contributed by atoms with Crippen LogP contribution in [0.25, 0.3) is 0 Å². The Labute approximate surface area is 189 Å². The fraction of sp³-hybridized carbons (Fsp3) is 0.286. The van der Waals surface area contributed by atoms with Crippen LogP contribution in [0, 0.1) is 5.92 Å². The van der Waals surface area contributed by atoms with Crippen LogP contribution in [0.1, 0.15) is 18.4 Å². The van der Waals surface area contributed by atoms with Crippen LogP contribution in [-0.4, -0.2) is 41.9 Å². The maximum Gasteiger partial charge on any atom is 0.243 e. The Morgan fingerprint density at radius 3 is 2.55 bits per heavy atom. The van der Waals surface area contributed by atoms with E-state index in [1.165, 1.54) is 21.2 Å². The zero-order valence-electron chi connectivity index (χ0n) is 16.7. The Balaban J connectivity index is 1.35. The highest BCUT2D eigenvalue weighted by Gasteiger charge is 2.33. The van der Waals surface area contributed by atoms with Gasteiger partial charge in [-0.2, -0.15) is 4.31 Å². The van der Waals surface area contributed by atoms with Crippen molar-refractivity contribution in [3.8, 4) is 0 Å². The van der Waals surface area contributed by atoms with E-state index in [-0.39, 0.29) is 17.3 Å². The van der Waals surface area contributed by atoms with E-state index in [1.54, 1.807) is 42.1 Å². The predicted molar refractivity (Wildman–Crippen MR) is 122 cm³/mol. The first-order valence-electron chi connectivity index (χ1n) is 9.88. The van der Waals surface area contributed by atoms with Crippen LogP contribution in [0.15, 0.2) is 69.9 Å². The molecule has 31 heavy (non-hydrogen) atoms. The van der Waals surface area contributed by atoms with Crippen molar-refractivity contribution in [2.24, 2.45) is 5.92 Å². The van der Waals surface area contributed by atoms with Crippen LogP contribution in [0.5, 0.6) is 0 Å². The maximum absolute atomic E-state index is 12.9. The molecule has 10 heteroatoms. The molecule has 7 nitrogen and oxygen atoms in total. The minimum absolute atomic E-state index is 0.164. The van der Waals surface area contributed by atoms with E-state index in [0.29, 0.717) is 24.5 Å². The first-order valence-corrected chi connectivity index (χ1v) is 13.1. The van der Waals surface area contributed by atoms with Gasteiger partial charge < -0.3 is 5.32 Å². The average molecular weight is 475 g/mol. The second-order valence-corrected chi connectivity index (χ2v) is 11.3. The first-order chi connectivity index (χ1) is 15.0. The summed E-state index contributed by atoms with van der Waals surface area (Å²) in [5, 5.41) is 11.4. The van der Waals surface area contributed by atoms with Gasteiger partial charge in [0.05, 0.1) is 10.8 Å². The fourth-order valence-corrected chi connectivity index (χ4v) is 6.62. The summed E-state index contributed by atoms with van der Waals surface area (Å²) in [4.78, 5) is 13.0. The largest absolute Gasteiger partial charge is 0.300 e. The number of piperidine rings is 1. The Kier molecular flexibility index (Phi) is 7.01. The molecule has 0 unspecified atom stereocenters. The number of aromatic nitrogens is 2. The van der Waals surface area contributed by atoms with Gasteiger partial charge in [0, 0.05) is 18.8 Å². The third-order valence-electron chi connectivity index (χ3n) is 4.98. The normalized spacial score (nSPS) is 17.4.